The molecule has 3 heterocycles. The summed E-state index contributed by atoms with van der Waals surface area (Å²) >= 11 is 1.35. The molecule has 7 atom stereocenters. The van der Waals surface area contributed by atoms with Crippen LogP contribution in [0.2, 0.25) is 0 Å². The summed E-state index contributed by atoms with van der Waals surface area (Å²) in [6.07, 6.45) is -3.88. The highest BCUT2D eigenvalue weighted by molar-refractivity contribution is 7.99. The number of hydrogen-bond acceptors (Lipinski definition) is 18. The van der Waals surface area contributed by atoms with Gasteiger partial charge in [-0.3, -0.25) is 32.5 Å². The molecule has 3 rings (SSSR count). The second-order valence-electron chi connectivity index (χ2n) is 13.2. The number of nitrogens with two attached hydrogens (primary N) is 1. The fraction of sp³-hybridized carbons (Fsp3) is 0.714. The molecule has 1 fully saturated rings. The van der Waals surface area contributed by atoms with Crippen LogP contribution in [0, 0.1) is 5.41 Å². The van der Waals surface area contributed by atoms with Gasteiger partial charge in [0.25, 0.3) is 0 Å². The highest BCUT2D eigenvalue weighted by Crippen LogP contribution is 2.61. The number of phosphoric acid groups is 3. The van der Waals surface area contributed by atoms with E-state index in [2.05, 4.69) is 46.7 Å². The SMILES string of the molecule is CCCCCNC(=O)CSCCNC(=O)CCNC(=O)C(O)C(C)(C)COP(=O)(O)OP(=O)(O)OCC1OC(n2cnc3c(N)ncnc32)C(O)C1OP(=O)(O)O. The average molecular weight is 895 g/mol. The molecular formula is C28H49N8O17P3S. The number of nitrogens with one attached hydrogen (secondary N) is 3. The maximum Gasteiger partial charge on any atom is 0.481 e. The highest BCUT2D eigenvalue weighted by atomic mass is 32.2. The molecule has 7 unspecified atom stereocenters. The third-order valence-corrected chi connectivity index (χ3v) is 12.0. The number of phosphoric ester groups is 3. The number of nitrogen functional groups attached to an aromatic ring is 1. The van der Waals surface area contributed by atoms with Gasteiger partial charge in [-0.1, -0.05) is 33.6 Å². The third-order valence-electron chi connectivity index (χ3n) is 7.98. The maximum absolute atomic E-state index is 12.7. The number of amides is 3. The Kier molecular flexibility index (Phi) is 18.4. The molecular weight excluding hydrogens is 845 g/mol. The molecule has 1 aliphatic heterocycles. The lowest BCUT2D eigenvalue weighted by atomic mass is 9.87. The standard InChI is InChI=1S/C28H49N8O17P3S/c1-4-5-6-8-30-19(38)13-57-11-10-31-18(37)7-9-32-26(41)23(40)28(2,3)14-50-56(47,48)53-55(45,46)49-12-17-22(52-54(42,43)44)21(39)27(51-17)36-16-35-20-24(29)33-15-34-25(20)36/h15-17,21-23,27,39-40H,4-14H2,1-3H3,(H,30,38)(H,31,37)(H,32,41)(H,45,46)(H,47,48)(H2,29,33,34)(H2,42,43,44). The number of ether oxygens (including phenoxy) is 1. The number of rotatable bonds is 25. The van der Waals surface area contributed by atoms with Crippen LogP contribution in [0.25, 0.3) is 11.2 Å². The number of fused-ring (bicyclic) bond motifs is 1. The Balaban J connectivity index is 1.45. The Labute approximate surface area is 330 Å². The van der Waals surface area contributed by atoms with Crippen LogP contribution in [0.1, 0.15) is 52.7 Å². The first-order chi connectivity index (χ1) is 26.6. The Morgan fingerprint density at radius 2 is 1.68 bits per heavy atom. The molecule has 1 aliphatic rings. The lowest BCUT2D eigenvalue weighted by Crippen LogP contribution is -2.46. The van der Waals surface area contributed by atoms with Gasteiger partial charge in [0.1, 0.15) is 36.3 Å². The van der Waals surface area contributed by atoms with Crippen molar-refractivity contribution in [1.29, 1.82) is 0 Å². The van der Waals surface area contributed by atoms with Gasteiger partial charge in [-0.15, -0.1) is 0 Å². The largest absolute Gasteiger partial charge is 0.481 e. The number of aromatic nitrogens is 4. The van der Waals surface area contributed by atoms with Crippen molar-refractivity contribution in [3.05, 3.63) is 12.7 Å². The van der Waals surface area contributed by atoms with Gasteiger partial charge in [-0.25, -0.2) is 28.6 Å². The first kappa shape index (κ1) is 48.7. The third kappa shape index (κ3) is 15.8. The number of aliphatic hydroxyl groups excluding tert-OH is 2. The number of carbonyl (C=O) groups excluding carboxylic acids is 3. The van der Waals surface area contributed by atoms with Gasteiger partial charge in [-0.05, 0) is 6.42 Å². The zero-order chi connectivity index (χ0) is 42.6. The number of imidazole rings is 1. The van der Waals surface area contributed by atoms with Crippen LogP contribution >= 0.6 is 35.2 Å². The Hall–Kier alpha value is -2.64. The minimum atomic E-state index is -5.57. The number of carbonyl (C=O) groups is 3. The Morgan fingerprint density at radius 1 is 1.00 bits per heavy atom. The predicted molar refractivity (Wildman–Crippen MR) is 199 cm³/mol. The number of nitrogens with zero attached hydrogens (tertiary/aromatic N) is 4. The molecule has 0 aromatic carbocycles. The minimum absolute atomic E-state index is 0.0317. The lowest BCUT2D eigenvalue weighted by Gasteiger charge is -2.30. The maximum atomic E-state index is 12.7. The molecule has 2 aromatic heterocycles. The number of thioether (sulfide) groups is 1. The molecule has 2 aromatic rings. The molecule has 57 heavy (non-hydrogen) atoms. The van der Waals surface area contributed by atoms with Crippen LogP contribution < -0.4 is 21.7 Å². The van der Waals surface area contributed by atoms with Crippen molar-refractivity contribution >= 4 is 69.9 Å². The van der Waals surface area contributed by atoms with Crippen LogP contribution in [-0.4, -0.2) is 136 Å². The summed E-state index contributed by atoms with van der Waals surface area (Å²) in [7, 11) is -16.4. The van der Waals surface area contributed by atoms with Gasteiger partial charge in [-0.2, -0.15) is 16.1 Å². The summed E-state index contributed by atoms with van der Waals surface area (Å²) < 4.78 is 62.1. The van der Waals surface area contributed by atoms with E-state index < -0.39 is 84.6 Å². The van der Waals surface area contributed by atoms with Gasteiger partial charge in [0.15, 0.2) is 17.7 Å². The fourth-order valence-corrected chi connectivity index (χ4v) is 8.53. The van der Waals surface area contributed by atoms with E-state index in [1.54, 1.807) is 0 Å². The van der Waals surface area contributed by atoms with Crippen molar-refractivity contribution < 1.29 is 80.5 Å². The second-order valence-corrected chi connectivity index (χ2v) is 18.5. The molecule has 11 N–H and O–H groups in total. The van der Waals surface area contributed by atoms with E-state index in [-0.39, 0.29) is 48.2 Å². The molecule has 1 saturated heterocycles. The summed E-state index contributed by atoms with van der Waals surface area (Å²) in [6.45, 7) is 3.29. The smallest absolute Gasteiger partial charge is 0.386 e. The van der Waals surface area contributed by atoms with E-state index in [4.69, 9.17) is 19.5 Å². The molecule has 0 saturated carbocycles. The van der Waals surface area contributed by atoms with E-state index in [9.17, 15) is 57.9 Å². The van der Waals surface area contributed by atoms with Crippen molar-refractivity contribution in [2.75, 3.05) is 50.1 Å². The first-order valence-electron chi connectivity index (χ1n) is 17.3. The van der Waals surface area contributed by atoms with Gasteiger partial charge < -0.3 is 56.2 Å². The van der Waals surface area contributed by atoms with Gasteiger partial charge in [0, 0.05) is 37.2 Å². The molecule has 0 spiro atoms. The van der Waals surface area contributed by atoms with E-state index in [1.807, 2.05) is 0 Å². The van der Waals surface area contributed by atoms with E-state index in [1.165, 1.54) is 25.6 Å². The topological polar surface area (TPSA) is 376 Å². The summed E-state index contributed by atoms with van der Waals surface area (Å²) in [5.74, 6) is -0.766. The van der Waals surface area contributed by atoms with Crippen molar-refractivity contribution in [1.82, 2.24) is 35.5 Å². The summed E-state index contributed by atoms with van der Waals surface area (Å²) in [5.41, 5.74) is 4.27. The second kappa shape index (κ2) is 21.6. The number of anilines is 1. The average Bonchev–Trinajstić information content (AvgIpc) is 3.68. The molecule has 29 heteroatoms. The summed E-state index contributed by atoms with van der Waals surface area (Å²) in [5, 5.41) is 29.3. The number of aliphatic hydroxyl groups is 2. The number of unbranched alkanes of at least 4 members (excludes halogenated alkanes) is 2. The molecule has 3 amide bonds. The molecule has 0 aliphatic carbocycles. The van der Waals surface area contributed by atoms with Crippen molar-refractivity contribution in [2.45, 2.75) is 77.1 Å². The van der Waals surface area contributed by atoms with Crippen molar-refractivity contribution in [3.63, 3.8) is 0 Å². The Morgan fingerprint density at radius 3 is 2.37 bits per heavy atom. The minimum Gasteiger partial charge on any atom is -0.386 e. The quantitative estimate of drug-likeness (QED) is 0.0441. The number of hydrogen-bond donors (Lipinski definition) is 10. The van der Waals surface area contributed by atoms with Crippen LogP contribution in [0.5, 0.6) is 0 Å². The van der Waals surface area contributed by atoms with Crippen molar-refractivity contribution in [2.24, 2.45) is 5.41 Å². The van der Waals surface area contributed by atoms with Gasteiger partial charge in [0.05, 0.1) is 25.3 Å². The zero-order valence-corrected chi connectivity index (χ0v) is 34.6. The summed E-state index contributed by atoms with van der Waals surface area (Å²) in [6, 6.07) is 0. The predicted octanol–water partition coefficient (Wildman–Crippen LogP) is -0.555. The van der Waals surface area contributed by atoms with Crippen LogP contribution in [0.3, 0.4) is 0 Å². The first-order valence-corrected chi connectivity index (χ1v) is 23.0. The van der Waals surface area contributed by atoms with Crippen molar-refractivity contribution in [3.8, 4) is 0 Å². The molecule has 324 valence electrons. The van der Waals surface area contributed by atoms with Gasteiger partial charge in [0.2, 0.25) is 17.7 Å². The molecule has 0 radical (unpaired) electrons. The van der Waals surface area contributed by atoms with Crippen LogP contribution in [0.15, 0.2) is 12.7 Å². The zero-order valence-electron chi connectivity index (χ0n) is 31.1. The highest BCUT2D eigenvalue weighted by Gasteiger charge is 2.50. The van der Waals surface area contributed by atoms with Gasteiger partial charge >= 0.3 is 23.5 Å². The van der Waals surface area contributed by atoms with E-state index in [0.717, 1.165) is 36.5 Å². The molecule has 0 bridgehead atoms. The Bertz CT molecular complexity index is 1820. The van der Waals surface area contributed by atoms with E-state index >= 15 is 0 Å². The normalized spacial score (nSPS) is 21.4. The van der Waals surface area contributed by atoms with E-state index in [0.29, 0.717) is 12.3 Å². The van der Waals surface area contributed by atoms with Crippen LogP contribution in [-0.2, 0) is 50.7 Å². The molecule has 25 nitrogen and oxygen atoms in total. The lowest BCUT2D eigenvalue weighted by molar-refractivity contribution is -0.137. The monoisotopic (exact) mass is 894 g/mol. The fourth-order valence-electron chi connectivity index (χ4n) is 5.02. The van der Waals surface area contributed by atoms with Crippen LogP contribution in [0.4, 0.5) is 5.82 Å². The summed E-state index contributed by atoms with van der Waals surface area (Å²) in [4.78, 5) is 87.4.